The van der Waals surface area contributed by atoms with Gasteiger partial charge in [0.05, 0.1) is 0 Å². The summed E-state index contributed by atoms with van der Waals surface area (Å²) in [6, 6.07) is 5.28. The van der Waals surface area contributed by atoms with Crippen molar-refractivity contribution >= 4 is 0 Å². The topological polar surface area (TPSA) is 20.2 Å². The second-order valence-electron chi connectivity index (χ2n) is 5.05. The van der Waals surface area contributed by atoms with Crippen LogP contribution in [0.2, 0.25) is 0 Å². The first-order chi connectivity index (χ1) is 7.06. The van der Waals surface area contributed by atoms with E-state index in [9.17, 15) is 9.50 Å². The second kappa shape index (κ2) is 3.60. The number of aryl methyl sites for hydroxylation is 1. The van der Waals surface area contributed by atoms with Gasteiger partial charge >= 0.3 is 0 Å². The van der Waals surface area contributed by atoms with Crippen molar-refractivity contribution in [2.75, 3.05) is 6.61 Å². The fourth-order valence-corrected chi connectivity index (χ4v) is 2.53. The van der Waals surface area contributed by atoms with Crippen molar-refractivity contribution in [1.29, 1.82) is 0 Å². The van der Waals surface area contributed by atoms with Gasteiger partial charge in [-0.05, 0) is 41.4 Å². The van der Waals surface area contributed by atoms with Crippen LogP contribution in [0.1, 0.15) is 37.3 Å². The summed E-state index contributed by atoms with van der Waals surface area (Å²) in [5.41, 5.74) is 1.71. The van der Waals surface area contributed by atoms with Crippen LogP contribution < -0.4 is 0 Å². The zero-order valence-electron chi connectivity index (χ0n) is 9.26. The first kappa shape index (κ1) is 10.6. The third kappa shape index (κ3) is 1.67. The van der Waals surface area contributed by atoms with E-state index in [-0.39, 0.29) is 23.8 Å². The van der Waals surface area contributed by atoms with E-state index in [1.807, 2.05) is 19.9 Å². The van der Waals surface area contributed by atoms with Gasteiger partial charge in [-0.15, -0.1) is 0 Å². The van der Waals surface area contributed by atoms with E-state index < -0.39 is 0 Å². The van der Waals surface area contributed by atoms with Crippen molar-refractivity contribution in [2.24, 2.45) is 5.41 Å². The third-order valence-electron chi connectivity index (χ3n) is 3.54. The maximum Gasteiger partial charge on any atom is 0.126 e. The van der Waals surface area contributed by atoms with Gasteiger partial charge in [0.1, 0.15) is 5.82 Å². The van der Waals surface area contributed by atoms with Crippen LogP contribution in [-0.2, 0) is 6.42 Å². The van der Waals surface area contributed by atoms with Crippen molar-refractivity contribution in [3.63, 3.8) is 0 Å². The molecular formula is C13H17FO. The number of halogens is 1. The number of rotatable bonds is 2. The maximum atomic E-state index is 13.7. The molecule has 1 aromatic carbocycles. The van der Waals surface area contributed by atoms with Gasteiger partial charge in [0.15, 0.2) is 0 Å². The molecule has 15 heavy (non-hydrogen) atoms. The third-order valence-corrected chi connectivity index (χ3v) is 3.54. The number of fused-ring (bicyclic) bond motifs is 1. The summed E-state index contributed by atoms with van der Waals surface area (Å²) in [7, 11) is 0. The van der Waals surface area contributed by atoms with E-state index >= 15 is 0 Å². The molecule has 0 saturated carbocycles. The fourth-order valence-electron chi connectivity index (χ4n) is 2.53. The number of hydrogen-bond donors (Lipinski definition) is 1. The summed E-state index contributed by atoms with van der Waals surface area (Å²) >= 11 is 0. The van der Waals surface area contributed by atoms with Crippen LogP contribution in [0.15, 0.2) is 18.2 Å². The van der Waals surface area contributed by atoms with E-state index in [0.29, 0.717) is 0 Å². The van der Waals surface area contributed by atoms with Gasteiger partial charge in [-0.2, -0.15) is 0 Å². The quantitative estimate of drug-likeness (QED) is 0.792. The van der Waals surface area contributed by atoms with Gasteiger partial charge in [-0.3, -0.25) is 0 Å². The van der Waals surface area contributed by atoms with Crippen LogP contribution in [0.25, 0.3) is 0 Å². The first-order valence-electron chi connectivity index (χ1n) is 5.44. The number of aliphatic hydroxyl groups excluding tert-OH is 1. The zero-order chi connectivity index (χ0) is 11.1. The van der Waals surface area contributed by atoms with E-state index in [1.54, 1.807) is 6.07 Å². The Morgan fingerprint density at radius 2 is 2.20 bits per heavy atom. The van der Waals surface area contributed by atoms with Crippen LogP contribution in [0, 0.1) is 11.2 Å². The summed E-state index contributed by atoms with van der Waals surface area (Å²) in [6.45, 7) is 4.10. The largest absolute Gasteiger partial charge is 0.396 e. The lowest BCUT2D eigenvalue weighted by Crippen LogP contribution is -2.25. The highest BCUT2D eigenvalue weighted by atomic mass is 19.1. The summed E-state index contributed by atoms with van der Waals surface area (Å²) in [5, 5.41) is 9.35. The Hall–Kier alpha value is -0.890. The molecule has 0 saturated heterocycles. The molecule has 0 heterocycles. The second-order valence-corrected chi connectivity index (χ2v) is 5.05. The molecular weight excluding hydrogens is 191 g/mol. The van der Waals surface area contributed by atoms with Gasteiger partial charge in [0.2, 0.25) is 0 Å². The van der Waals surface area contributed by atoms with E-state index in [2.05, 4.69) is 0 Å². The van der Waals surface area contributed by atoms with E-state index in [0.717, 1.165) is 24.0 Å². The molecule has 2 rings (SSSR count). The predicted octanol–water partition coefficient (Wildman–Crippen LogP) is 2.87. The van der Waals surface area contributed by atoms with Crippen molar-refractivity contribution in [1.82, 2.24) is 0 Å². The molecule has 2 heteroatoms. The molecule has 0 aromatic heterocycles. The van der Waals surface area contributed by atoms with Crippen LogP contribution >= 0.6 is 0 Å². The molecule has 0 amide bonds. The van der Waals surface area contributed by atoms with E-state index in [1.165, 1.54) is 6.07 Å². The van der Waals surface area contributed by atoms with Crippen LogP contribution in [0.4, 0.5) is 4.39 Å². The average Bonchev–Trinajstić information content (AvgIpc) is 2.63. The highest BCUT2D eigenvalue weighted by molar-refractivity contribution is 5.37. The minimum atomic E-state index is -0.229. The molecule has 1 aromatic rings. The zero-order valence-corrected chi connectivity index (χ0v) is 9.26. The molecule has 1 aliphatic rings. The molecule has 0 radical (unpaired) electrons. The molecule has 1 atom stereocenters. The Kier molecular flexibility index (Phi) is 2.55. The van der Waals surface area contributed by atoms with Crippen LogP contribution in [0.3, 0.4) is 0 Å². The summed E-state index contributed by atoms with van der Waals surface area (Å²) in [6.07, 6.45) is 1.88. The molecule has 0 spiro atoms. The molecule has 0 bridgehead atoms. The normalized spacial score (nSPS) is 20.4. The van der Waals surface area contributed by atoms with Crippen molar-refractivity contribution in [3.8, 4) is 0 Å². The Morgan fingerprint density at radius 1 is 1.47 bits per heavy atom. The highest BCUT2D eigenvalue weighted by Gasteiger charge is 2.36. The smallest absolute Gasteiger partial charge is 0.126 e. The molecule has 0 fully saturated rings. The van der Waals surface area contributed by atoms with E-state index in [4.69, 9.17) is 0 Å². The molecule has 1 aliphatic carbocycles. The molecule has 1 unspecified atom stereocenters. The minimum absolute atomic E-state index is 0.103. The maximum absolute atomic E-state index is 13.7. The minimum Gasteiger partial charge on any atom is -0.396 e. The van der Waals surface area contributed by atoms with Crippen LogP contribution in [-0.4, -0.2) is 11.7 Å². The predicted molar refractivity (Wildman–Crippen MR) is 58.3 cm³/mol. The standard InChI is InChI=1S/C13H17FO/c1-13(2,8-15)10-7-6-9-4-3-5-11(14)12(9)10/h3-5,10,15H,6-8H2,1-2H3. The SMILES string of the molecule is CC(C)(CO)C1CCc2cccc(F)c21. The lowest BCUT2D eigenvalue weighted by atomic mass is 9.76. The van der Waals surface area contributed by atoms with Crippen LogP contribution in [0.5, 0.6) is 0 Å². The first-order valence-corrected chi connectivity index (χ1v) is 5.44. The van der Waals surface area contributed by atoms with Gasteiger partial charge in [0.25, 0.3) is 0 Å². The van der Waals surface area contributed by atoms with Gasteiger partial charge in [-0.1, -0.05) is 26.0 Å². The Morgan fingerprint density at radius 3 is 2.87 bits per heavy atom. The highest BCUT2D eigenvalue weighted by Crippen LogP contribution is 2.45. The monoisotopic (exact) mass is 208 g/mol. The van der Waals surface area contributed by atoms with Crippen molar-refractivity contribution < 1.29 is 9.50 Å². The lowest BCUT2D eigenvalue weighted by Gasteiger charge is -2.30. The number of aliphatic hydroxyl groups is 1. The fraction of sp³-hybridized carbons (Fsp3) is 0.538. The van der Waals surface area contributed by atoms with Crippen molar-refractivity contribution in [2.45, 2.75) is 32.6 Å². The Bertz CT molecular complexity index is 371. The summed E-state index contributed by atoms with van der Waals surface area (Å²) < 4.78 is 13.7. The average molecular weight is 208 g/mol. The summed E-state index contributed by atoms with van der Waals surface area (Å²) in [5.74, 6) is 0.0372. The molecule has 1 N–H and O–H groups in total. The Balaban J connectivity index is 2.44. The van der Waals surface area contributed by atoms with Gasteiger partial charge in [0, 0.05) is 6.61 Å². The lowest BCUT2D eigenvalue weighted by molar-refractivity contribution is 0.129. The van der Waals surface area contributed by atoms with Gasteiger partial charge in [-0.25, -0.2) is 4.39 Å². The number of benzene rings is 1. The number of hydrogen-bond acceptors (Lipinski definition) is 1. The molecule has 82 valence electrons. The Labute approximate surface area is 89.9 Å². The van der Waals surface area contributed by atoms with Crippen molar-refractivity contribution in [3.05, 3.63) is 35.1 Å². The van der Waals surface area contributed by atoms with Gasteiger partial charge < -0.3 is 5.11 Å². The molecule has 0 aliphatic heterocycles. The molecule has 1 nitrogen and oxygen atoms in total. The summed E-state index contributed by atoms with van der Waals surface area (Å²) in [4.78, 5) is 0.